The van der Waals surface area contributed by atoms with Crippen LogP contribution in [-0.4, -0.2) is 115 Å². The molecule has 64 heavy (non-hydrogen) atoms. The summed E-state index contributed by atoms with van der Waals surface area (Å²) in [5.41, 5.74) is -0.463. The predicted octanol–water partition coefficient (Wildman–Crippen LogP) is 8.21. The van der Waals surface area contributed by atoms with Gasteiger partial charge in [-0.05, 0) is 116 Å². The Bertz CT molecular complexity index is 2410. The molecule has 2 bridgehead atoms. The highest BCUT2D eigenvalue weighted by Gasteiger charge is 2.66. The molecule has 9 rings (SSSR count). The SMILES string of the molecule is CC1(C)CCC(C23CC(C)(C2)C3)=C(CN2CCN(c3ccc(C(=O)NS(=O)(=O)c4ccc(N[C@H](CCN5CCOCC5)CSc5ccccc5)c(S(=O)(=O)C(F)(F)F)c4)cc3)CC2)C1. The highest BCUT2D eigenvalue weighted by atomic mass is 32.2. The highest BCUT2D eigenvalue weighted by molar-refractivity contribution is 7.99. The first-order valence-corrected chi connectivity index (χ1v) is 26.2. The maximum Gasteiger partial charge on any atom is 0.501 e. The first-order chi connectivity index (χ1) is 30.2. The van der Waals surface area contributed by atoms with Crippen molar-refractivity contribution in [3.05, 3.63) is 89.5 Å². The minimum atomic E-state index is -6.04. The van der Waals surface area contributed by atoms with Gasteiger partial charge in [-0.25, -0.2) is 21.6 Å². The number of nitrogens with zero attached hydrogens (tertiary/aromatic N) is 3. The summed E-state index contributed by atoms with van der Waals surface area (Å²) in [6.45, 7) is 14.6. The topological polar surface area (TPSA) is 128 Å². The normalized spacial score (nSPS) is 24.7. The Hall–Kier alpha value is -3.61. The largest absolute Gasteiger partial charge is 0.501 e. The number of thioether (sulfide) groups is 1. The number of morpholine rings is 1. The second kappa shape index (κ2) is 18.2. The summed E-state index contributed by atoms with van der Waals surface area (Å²) in [4.78, 5) is 19.2. The van der Waals surface area contributed by atoms with Gasteiger partial charge in [0.05, 0.1) is 23.8 Å². The highest BCUT2D eigenvalue weighted by Crippen LogP contribution is 2.77. The number of hydrogen-bond acceptors (Lipinski definition) is 11. The Morgan fingerprint density at radius 2 is 1.53 bits per heavy atom. The molecule has 0 unspecified atom stereocenters. The molecule has 2 N–H and O–H groups in total. The third kappa shape index (κ3) is 10.3. The van der Waals surface area contributed by atoms with E-state index in [4.69, 9.17) is 4.74 Å². The molecule has 1 atom stereocenters. The van der Waals surface area contributed by atoms with E-state index in [1.165, 1.54) is 56.0 Å². The number of sulfonamides is 1. The standard InChI is InChI=1S/C47H60F3N5O6S3/c1-44(2)17-15-40(46-31-45(3,32-46)33-46)35(28-44)29-54-19-21-55(22-20-54)37-11-9-34(10-12-37)43(56)52-64(59,60)39-13-14-41(42(27-39)63(57,58)47(48,49)50)51-36(16-18-53-23-25-61-26-24-53)30-62-38-7-5-4-6-8-38/h4-14,27,36,51H,15-26,28-33H2,1-3H3,(H,52,56)/t36-,45?,46?/m1/s1. The van der Waals surface area contributed by atoms with E-state index < -0.39 is 52.8 Å². The zero-order chi connectivity index (χ0) is 45.5. The van der Waals surface area contributed by atoms with Crippen LogP contribution in [0.2, 0.25) is 0 Å². The number of hydrogen-bond donors (Lipinski definition) is 2. The second-order valence-electron chi connectivity index (χ2n) is 19.6. The summed E-state index contributed by atoms with van der Waals surface area (Å²) in [5.74, 6) is -0.625. The van der Waals surface area contributed by atoms with Crippen LogP contribution in [0.15, 0.2) is 98.6 Å². The van der Waals surface area contributed by atoms with Crippen molar-refractivity contribution in [3.63, 3.8) is 0 Å². The van der Waals surface area contributed by atoms with E-state index >= 15 is 0 Å². The predicted molar refractivity (Wildman–Crippen MR) is 245 cm³/mol. The number of carbonyl (C=O) groups excluding carboxylic acids is 1. The third-order valence-corrected chi connectivity index (χ3v) is 18.0. The number of carbonyl (C=O) groups is 1. The number of ether oxygens (including phenoxy) is 1. The van der Waals surface area contributed by atoms with Crippen molar-refractivity contribution < 1.29 is 39.5 Å². The van der Waals surface area contributed by atoms with Crippen molar-refractivity contribution >= 4 is 48.9 Å². The molecule has 5 fully saturated rings. The Morgan fingerprint density at radius 1 is 0.859 bits per heavy atom. The molecule has 3 saturated carbocycles. The molecule has 2 saturated heterocycles. The zero-order valence-electron chi connectivity index (χ0n) is 36.9. The second-order valence-corrected chi connectivity index (χ2v) is 24.3. The van der Waals surface area contributed by atoms with Crippen LogP contribution in [0, 0.1) is 16.2 Å². The minimum Gasteiger partial charge on any atom is -0.380 e. The van der Waals surface area contributed by atoms with E-state index in [2.05, 4.69) is 40.8 Å². The summed E-state index contributed by atoms with van der Waals surface area (Å²) >= 11 is 1.46. The fraction of sp³-hybridized carbons (Fsp3) is 0.553. The molecule has 0 aromatic heterocycles. The van der Waals surface area contributed by atoms with Crippen molar-refractivity contribution in [2.24, 2.45) is 16.2 Å². The summed E-state index contributed by atoms with van der Waals surface area (Å²) in [6.07, 6.45) is 8.11. The molecule has 0 radical (unpaired) electrons. The van der Waals surface area contributed by atoms with Crippen LogP contribution in [0.4, 0.5) is 24.5 Å². The average Bonchev–Trinajstić information content (AvgIpc) is 3.23. The molecule has 0 spiro atoms. The van der Waals surface area contributed by atoms with Gasteiger partial charge in [-0.1, -0.05) is 50.1 Å². The average molecular weight is 944 g/mol. The van der Waals surface area contributed by atoms with Gasteiger partial charge in [0, 0.05) is 80.3 Å². The van der Waals surface area contributed by atoms with E-state index in [0.717, 1.165) is 61.9 Å². The van der Waals surface area contributed by atoms with Gasteiger partial charge in [0.1, 0.15) is 4.90 Å². The zero-order valence-corrected chi connectivity index (χ0v) is 39.3. The number of anilines is 2. The molecular formula is C47H60F3N5O6S3. The van der Waals surface area contributed by atoms with Gasteiger partial charge in [0.25, 0.3) is 25.8 Å². The molecule has 6 aliphatic rings. The molecule has 11 nitrogen and oxygen atoms in total. The van der Waals surface area contributed by atoms with Crippen LogP contribution in [0.25, 0.3) is 0 Å². The van der Waals surface area contributed by atoms with Crippen LogP contribution < -0.4 is 14.9 Å². The van der Waals surface area contributed by atoms with E-state index in [0.29, 0.717) is 67.3 Å². The number of benzene rings is 3. The Morgan fingerprint density at radius 3 is 2.17 bits per heavy atom. The van der Waals surface area contributed by atoms with Crippen molar-refractivity contribution in [1.29, 1.82) is 0 Å². The van der Waals surface area contributed by atoms with Crippen LogP contribution in [0.3, 0.4) is 0 Å². The number of rotatable bonds is 16. The first kappa shape index (κ1) is 46.9. The fourth-order valence-corrected chi connectivity index (χ4v) is 13.8. The minimum absolute atomic E-state index is 0.0215. The van der Waals surface area contributed by atoms with Crippen LogP contribution in [0.1, 0.15) is 76.1 Å². The third-order valence-electron chi connectivity index (χ3n) is 13.9. The Labute approximate surface area is 380 Å². The van der Waals surface area contributed by atoms with Crippen molar-refractivity contribution in [3.8, 4) is 0 Å². The van der Waals surface area contributed by atoms with E-state index in [1.54, 1.807) is 23.3 Å². The summed E-state index contributed by atoms with van der Waals surface area (Å²) in [5, 5.41) is 3.00. The van der Waals surface area contributed by atoms with Crippen molar-refractivity contribution in [2.45, 2.75) is 92.0 Å². The van der Waals surface area contributed by atoms with Gasteiger partial charge < -0.3 is 15.0 Å². The van der Waals surface area contributed by atoms with Gasteiger partial charge >= 0.3 is 5.51 Å². The molecular weight excluding hydrogens is 884 g/mol. The molecule has 17 heteroatoms. The van der Waals surface area contributed by atoms with Crippen molar-refractivity contribution in [2.75, 3.05) is 81.5 Å². The first-order valence-electron chi connectivity index (χ1n) is 22.3. The maximum absolute atomic E-state index is 14.2. The van der Waals surface area contributed by atoms with E-state index in [9.17, 15) is 34.8 Å². The maximum atomic E-state index is 14.2. The molecule has 4 aliphatic carbocycles. The van der Waals surface area contributed by atoms with Crippen molar-refractivity contribution in [1.82, 2.24) is 14.5 Å². The number of sulfone groups is 1. The number of alkyl halides is 3. The lowest BCUT2D eigenvalue weighted by Crippen LogP contribution is -2.61. The summed E-state index contributed by atoms with van der Waals surface area (Å²) in [7, 11) is -10.9. The van der Waals surface area contributed by atoms with Gasteiger partial charge in [0.15, 0.2) is 0 Å². The lowest BCUT2D eigenvalue weighted by Gasteiger charge is -2.72. The fourth-order valence-electron chi connectivity index (χ4n) is 10.7. The molecule has 1 amide bonds. The van der Waals surface area contributed by atoms with Gasteiger partial charge in [-0.2, -0.15) is 13.2 Å². The number of allylic oxidation sites excluding steroid dienone is 1. The number of piperazine rings is 1. The number of halogens is 3. The van der Waals surface area contributed by atoms with Gasteiger partial charge in [-0.15, -0.1) is 11.8 Å². The summed E-state index contributed by atoms with van der Waals surface area (Å²) in [6, 6.07) is 17.9. The molecule has 348 valence electrons. The molecule has 2 aliphatic heterocycles. The number of nitrogens with one attached hydrogen (secondary N) is 2. The van der Waals surface area contributed by atoms with E-state index in [-0.39, 0.29) is 5.56 Å². The lowest BCUT2D eigenvalue weighted by molar-refractivity contribution is -0.166. The quantitative estimate of drug-likeness (QED) is 0.107. The van der Waals surface area contributed by atoms with Crippen LogP contribution >= 0.6 is 11.8 Å². The summed E-state index contributed by atoms with van der Waals surface area (Å²) < 4.78 is 103. The monoisotopic (exact) mass is 943 g/mol. The Kier molecular flexibility index (Phi) is 13.4. The Balaban J connectivity index is 0.924. The van der Waals surface area contributed by atoms with E-state index in [1.807, 2.05) is 35.1 Å². The van der Waals surface area contributed by atoms with Crippen LogP contribution in [0.5, 0.6) is 0 Å². The molecule has 2 heterocycles. The van der Waals surface area contributed by atoms with Gasteiger partial charge in [-0.3, -0.25) is 14.6 Å². The van der Waals surface area contributed by atoms with Crippen LogP contribution in [-0.2, 0) is 24.6 Å². The number of amides is 1. The molecule has 3 aromatic carbocycles. The van der Waals surface area contributed by atoms with Gasteiger partial charge in [0.2, 0.25) is 0 Å². The smallest absolute Gasteiger partial charge is 0.380 e. The lowest BCUT2D eigenvalue weighted by atomic mass is 9.33. The molecule has 3 aromatic rings.